The van der Waals surface area contributed by atoms with E-state index in [-0.39, 0.29) is 5.92 Å². The smallest absolute Gasteiger partial charge is 0.0659 e. The van der Waals surface area contributed by atoms with Gasteiger partial charge in [-0.15, -0.1) is 0 Å². The van der Waals surface area contributed by atoms with Crippen LogP contribution in [0.5, 0.6) is 0 Å². The fourth-order valence-electron chi connectivity index (χ4n) is 3.88. The van der Waals surface area contributed by atoms with Crippen molar-refractivity contribution >= 4 is 0 Å². The van der Waals surface area contributed by atoms with Gasteiger partial charge in [0, 0.05) is 13.1 Å². The minimum Gasteiger partial charge on any atom is -0.390 e. The fourth-order valence-corrected chi connectivity index (χ4v) is 3.88. The largest absolute Gasteiger partial charge is 0.390 e. The van der Waals surface area contributed by atoms with Crippen LogP contribution in [0.15, 0.2) is 0 Å². The average Bonchev–Trinajstić information content (AvgIpc) is 2.31. The summed E-state index contributed by atoms with van der Waals surface area (Å²) in [5.74, 6) is 2.59. The van der Waals surface area contributed by atoms with E-state index in [1.165, 1.54) is 0 Å². The van der Waals surface area contributed by atoms with Crippen LogP contribution in [-0.2, 0) is 0 Å². The first-order chi connectivity index (χ1) is 9.31. The van der Waals surface area contributed by atoms with E-state index in [9.17, 15) is 10.4 Å². The minimum absolute atomic E-state index is 0.247. The molecule has 1 saturated carbocycles. The molecule has 2 unspecified atom stereocenters. The van der Waals surface area contributed by atoms with Gasteiger partial charge in [0.25, 0.3) is 0 Å². The lowest BCUT2D eigenvalue weighted by atomic mass is 9.67. The number of rotatable bonds is 4. The van der Waals surface area contributed by atoms with Gasteiger partial charge in [-0.2, -0.15) is 5.26 Å². The Bertz CT molecular complexity index is 360. The van der Waals surface area contributed by atoms with Crippen LogP contribution < -0.4 is 0 Å². The van der Waals surface area contributed by atoms with E-state index in [1.807, 2.05) is 13.8 Å². The molecule has 2 atom stereocenters. The molecule has 1 aliphatic heterocycles. The predicted molar refractivity (Wildman–Crippen MR) is 81.0 cm³/mol. The summed E-state index contributed by atoms with van der Waals surface area (Å²) in [7, 11) is 0. The first-order valence-electron chi connectivity index (χ1n) is 8.15. The second-order valence-corrected chi connectivity index (χ2v) is 7.88. The molecular weight excluding hydrogens is 248 g/mol. The summed E-state index contributed by atoms with van der Waals surface area (Å²) in [6.45, 7) is 11.7. The Kier molecular flexibility index (Phi) is 4.76. The zero-order valence-electron chi connectivity index (χ0n) is 13.5. The maximum atomic E-state index is 9.99. The van der Waals surface area contributed by atoms with E-state index in [4.69, 9.17) is 0 Å². The second kappa shape index (κ2) is 6.03. The molecule has 3 nitrogen and oxygen atoms in total. The van der Waals surface area contributed by atoms with Crippen LogP contribution >= 0.6 is 0 Å². The zero-order valence-corrected chi connectivity index (χ0v) is 13.5. The number of hydrogen-bond donors (Lipinski definition) is 1. The topological polar surface area (TPSA) is 47.3 Å². The Morgan fingerprint density at radius 3 is 2.50 bits per heavy atom. The Labute approximate surface area is 124 Å². The Morgan fingerprint density at radius 1 is 1.35 bits per heavy atom. The monoisotopic (exact) mass is 278 g/mol. The van der Waals surface area contributed by atoms with Crippen LogP contribution in [0.4, 0.5) is 0 Å². The number of aliphatic hydroxyl groups is 1. The Balaban J connectivity index is 1.80. The first kappa shape index (κ1) is 15.8. The molecule has 0 aromatic rings. The van der Waals surface area contributed by atoms with Gasteiger partial charge in [0.1, 0.15) is 0 Å². The summed E-state index contributed by atoms with van der Waals surface area (Å²) in [5, 5.41) is 19.3. The van der Waals surface area contributed by atoms with Crippen molar-refractivity contribution in [2.75, 3.05) is 19.6 Å². The molecule has 0 radical (unpaired) electrons. The molecule has 0 spiro atoms. The van der Waals surface area contributed by atoms with Gasteiger partial charge < -0.3 is 10.0 Å². The van der Waals surface area contributed by atoms with Gasteiger partial charge in [-0.1, -0.05) is 13.8 Å². The SMILES string of the molecule is CC(C)C1CN(CC2CC(C(C)(C)O)C2)CCC1C#N. The first-order valence-corrected chi connectivity index (χ1v) is 8.15. The lowest BCUT2D eigenvalue weighted by Gasteiger charge is -2.46. The second-order valence-electron chi connectivity index (χ2n) is 7.88. The lowest BCUT2D eigenvalue weighted by Crippen LogP contribution is -2.48. The van der Waals surface area contributed by atoms with Gasteiger partial charge in [0.05, 0.1) is 17.6 Å². The normalized spacial score (nSPS) is 35.6. The third-order valence-corrected chi connectivity index (χ3v) is 5.52. The predicted octanol–water partition coefficient (Wildman–Crippen LogP) is 2.90. The fraction of sp³-hybridized carbons (Fsp3) is 0.941. The van der Waals surface area contributed by atoms with E-state index in [2.05, 4.69) is 24.8 Å². The standard InChI is InChI=1S/C17H30N2O/c1-12(2)16-11-19(6-5-14(16)9-18)10-13-7-15(8-13)17(3,4)20/h12-16,20H,5-8,10-11H2,1-4H3. The highest BCUT2D eigenvalue weighted by molar-refractivity contribution is 4.96. The molecule has 1 saturated heterocycles. The van der Waals surface area contributed by atoms with Crippen LogP contribution in [0.3, 0.4) is 0 Å². The molecule has 20 heavy (non-hydrogen) atoms. The molecule has 0 bridgehead atoms. The number of nitrogens with zero attached hydrogens (tertiary/aromatic N) is 2. The molecule has 3 heteroatoms. The van der Waals surface area contributed by atoms with Gasteiger partial charge in [0.2, 0.25) is 0 Å². The van der Waals surface area contributed by atoms with Crippen molar-refractivity contribution in [2.24, 2.45) is 29.6 Å². The van der Waals surface area contributed by atoms with E-state index in [0.29, 0.717) is 17.8 Å². The highest BCUT2D eigenvalue weighted by Gasteiger charge is 2.40. The third kappa shape index (κ3) is 3.54. The average molecular weight is 278 g/mol. The third-order valence-electron chi connectivity index (χ3n) is 5.52. The van der Waals surface area contributed by atoms with E-state index in [1.54, 1.807) is 0 Å². The van der Waals surface area contributed by atoms with Crippen LogP contribution in [0, 0.1) is 40.9 Å². The molecular formula is C17H30N2O. The van der Waals surface area contributed by atoms with E-state index in [0.717, 1.165) is 44.8 Å². The summed E-state index contributed by atoms with van der Waals surface area (Å²) in [6.07, 6.45) is 3.35. The summed E-state index contributed by atoms with van der Waals surface area (Å²) in [4.78, 5) is 2.56. The van der Waals surface area contributed by atoms with Crippen LogP contribution in [0.2, 0.25) is 0 Å². The molecule has 1 N–H and O–H groups in total. The van der Waals surface area contributed by atoms with Crippen molar-refractivity contribution in [3.63, 3.8) is 0 Å². The summed E-state index contributed by atoms with van der Waals surface area (Å²) >= 11 is 0. The van der Waals surface area contributed by atoms with Crippen molar-refractivity contribution in [1.82, 2.24) is 4.90 Å². The molecule has 2 fully saturated rings. The van der Waals surface area contributed by atoms with Gasteiger partial charge in [-0.05, 0) is 63.3 Å². The lowest BCUT2D eigenvalue weighted by molar-refractivity contribution is -0.0528. The van der Waals surface area contributed by atoms with Gasteiger partial charge in [-0.3, -0.25) is 0 Å². The molecule has 2 rings (SSSR count). The number of nitriles is 1. The Morgan fingerprint density at radius 2 is 2.00 bits per heavy atom. The molecule has 1 aliphatic carbocycles. The molecule has 114 valence electrons. The van der Waals surface area contributed by atoms with Gasteiger partial charge in [-0.25, -0.2) is 0 Å². The Hall–Kier alpha value is -0.590. The van der Waals surface area contributed by atoms with Crippen LogP contribution in [0.25, 0.3) is 0 Å². The van der Waals surface area contributed by atoms with Crippen LogP contribution in [-0.4, -0.2) is 35.2 Å². The molecule has 1 heterocycles. The number of hydrogen-bond acceptors (Lipinski definition) is 3. The number of piperidine rings is 1. The van der Waals surface area contributed by atoms with Gasteiger partial charge >= 0.3 is 0 Å². The highest BCUT2D eigenvalue weighted by atomic mass is 16.3. The molecule has 0 aromatic heterocycles. The maximum absolute atomic E-state index is 9.99. The van der Waals surface area contributed by atoms with E-state index < -0.39 is 5.60 Å². The van der Waals surface area contributed by atoms with Crippen molar-refractivity contribution in [3.8, 4) is 6.07 Å². The summed E-state index contributed by atoms with van der Waals surface area (Å²) in [6, 6.07) is 2.50. The van der Waals surface area contributed by atoms with Gasteiger partial charge in [0.15, 0.2) is 0 Å². The van der Waals surface area contributed by atoms with E-state index >= 15 is 0 Å². The quantitative estimate of drug-likeness (QED) is 0.860. The van der Waals surface area contributed by atoms with Crippen molar-refractivity contribution in [2.45, 2.75) is 52.6 Å². The van der Waals surface area contributed by atoms with Crippen molar-refractivity contribution in [1.29, 1.82) is 5.26 Å². The highest BCUT2D eigenvalue weighted by Crippen LogP contribution is 2.41. The summed E-state index contributed by atoms with van der Waals surface area (Å²) < 4.78 is 0. The molecule has 0 amide bonds. The maximum Gasteiger partial charge on any atom is 0.0659 e. The van der Waals surface area contributed by atoms with Crippen molar-refractivity contribution in [3.05, 3.63) is 0 Å². The molecule has 2 aliphatic rings. The number of likely N-dealkylation sites (tertiary alicyclic amines) is 1. The van der Waals surface area contributed by atoms with Crippen molar-refractivity contribution < 1.29 is 5.11 Å². The zero-order chi connectivity index (χ0) is 14.9. The van der Waals surface area contributed by atoms with Crippen LogP contribution in [0.1, 0.15) is 47.0 Å². The minimum atomic E-state index is -0.509. The summed E-state index contributed by atoms with van der Waals surface area (Å²) in [5.41, 5.74) is -0.509. The molecule has 0 aromatic carbocycles.